The number of sulfonamides is 1. The average molecular weight is 607 g/mol. The molecule has 0 aliphatic carbocycles. The third kappa shape index (κ3) is 7.47. The van der Waals surface area contributed by atoms with Crippen molar-refractivity contribution in [1.82, 2.24) is 10.2 Å². The molecule has 11 heteroatoms. The number of carbonyl (C=O) groups is 2. The van der Waals surface area contributed by atoms with E-state index >= 15 is 0 Å². The van der Waals surface area contributed by atoms with Crippen molar-refractivity contribution >= 4 is 50.7 Å². The highest BCUT2D eigenvalue weighted by Crippen LogP contribution is 2.35. The molecule has 214 valence electrons. The number of hydrogen-bond donors (Lipinski definition) is 1. The summed E-state index contributed by atoms with van der Waals surface area (Å²) in [5.74, 6) is -0.780. The zero-order valence-corrected chi connectivity index (χ0v) is 25.1. The molecule has 0 aliphatic rings. The summed E-state index contributed by atoms with van der Waals surface area (Å²) in [6, 6.07) is 18.2. The lowest BCUT2D eigenvalue weighted by Gasteiger charge is -2.33. The van der Waals surface area contributed by atoms with Crippen molar-refractivity contribution in [3.63, 3.8) is 0 Å². The Balaban J connectivity index is 2.09. The first-order valence-corrected chi connectivity index (χ1v) is 14.9. The Kier molecular flexibility index (Phi) is 10.8. The SMILES string of the molecule is CC[C@@H](C)NC(=O)[C@H](C)N(Cc1ccccc1Cl)C(=O)CN(c1cc(Cl)ccc1OC)S(=O)(=O)c1ccccc1. The predicted octanol–water partition coefficient (Wildman–Crippen LogP) is 5.53. The molecule has 0 spiro atoms. The highest BCUT2D eigenvalue weighted by molar-refractivity contribution is 7.92. The van der Waals surface area contributed by atoms with Crippen LogP contribution in [0.3, 0.4) is 0 Å². The Morgan fingerprint density at radius 1 is 0.975 bits per heavy atom. The van der Waals surface area contributed by atoms with Crippen LogP contribution in [0, 0.1) is 0 Å². The molecule has 3 aromatic rings. The van der Waals surface area contributed by atoms with E-state index in [9.17, 15) is 18.0 Å². The predicted molar refractivity (Wildman–Crippen MR) is 158 cm³/mol. The first kappa shape index (κ1) is 31.3. The summed E-state index contributed by atoms with van der Waals surface area (Å²) in [5, 5.41) is 3.57. The largest absolute Gasteiger partial charge is 0.495 e. The van der Waals surface area contributed by atoms with Gasteiger partial charge in [0.25, 0.3) is 10.0 Å². The topological polar surface area (TPSA) is 96.0 Å². The Hall–Kier alpha value is -3.27. The standard InChI is InChI=1S/C29H33Cl2N3O5S/c1-5-20(2)32-29(36)21(3)33(18-22-11-9-10-14-25(22)31)28(35)19-34(26-17-23(30)15-16-27(26)39-4)40(37,38)24-12-7-6-8-13-24/h6-17,20-21H,5,18-19H2,1-4H3,(H,32,36)/t20-,21+/m1/s1. The smallest absolute Gasteiger partial charge is 0.264 e. The van der Waals surface area contributed by atoms with Crippen molar-refractivity contribution in [3.05, 3.63) is 88.4 Å². The minimum Gasteiger partial charge on any atom is -0.495 e. The third-order valence-electron chi connectivity index (χ3n) is 6.49. The number of benzene rings is 3. The van der Waals surface area contributed by atoms with Gasteiger partial charge in [-0.1, -0.05) is 66.5 Å². The number of hydrogen-bond acceptors (Lipinski definition) is 5. The highest BCUT2D eigenvalue weighted by Gasteiger charge is 2.34. The van der Waals surface area contributed by atoms with Crippen molar-refractivity contribution < 1.29 is 22.7 Å². The van der Waals surface area contributed by atoms with E-state index in [1.165, 1.54) is 36.3 Å². The maximum atomic E-state index is 14.0. The molecule has 0 heterocycles. The van der Waals surface area contributed by atoms with Crippen LogP contribution >= 0.6 is 23.2 Å². The fourth-order valence-electron chi connectivity index (χ4n) is 3.95. The molecular formula is C29H33Cl2N3O5S. The van der Waals surface area contributed by atoms with E-state index < -0.39 is 28.5 Å². The molecule has 3 rings (SSSR count). The first-order valence-electron chi connectivity index (χ1n) is 12.7. The molecule has 0 radical (unpaired) electrons. The molecule has 0 aliphatic heterocycles. The van der Waals surface area contributed by atoms with Crippen LogP contribution in [0.15, 0.2) is 77.7 Å². The van der Waals surface area contributed by atoms with Crippen molar-refractivity contribution in [2.24, 2.45) is 0 Å². The summed E-state index contributed by atoms with van der Waals surface area (Å²) >= 11 is 12.7. The number of amides is 2. The summed E-state index contributed by atoms with van der Waals surface area (Å²) in [6.45, 7) is 4.76. The average Bonchev–Trinajstić information content (AvgIpc) is 2.95. The summed E-state index contributed by atoms with van der Waals surface area (Å²) in [5.41, 5.74) is 0.695. The maximum Gasteiger partial charge on any atom is 0.264 e. The fraction of sp³-hybridized carbons (Fsp3) is 0.310. The Morgan fingerprint density at radius 2 is 1.62 bits per heavy atom. The molecule has 40 heavy (non-hydrogen) atoms. The fourth-order valence-corrected chi connectivity index (χ4v) is 5.75. The number of halogens is 2. The number of rotatable bonds is 12. The monoisotopic (exact) mass is 605 g/mol. The van der Waals surface area contributed by atoms with Gasteiger partial charge < -0.3 is 15.0 Å². The second-order valence-corrected chi connectivity index (χ2v) is 12.0. The van der Waals surface area contributed by atoms with E-state index in [4.69, 9.17) is 27.9 Å². The molecule has 0 saturated carbocycles. The quantitative estimate of drug-likeness (QED) is 0.293. The lowest BCUT2D eigenvalue weighted by atomic mass is 10.1. The highest BCUT2D eigenvalue weighted by atomic mass is 35.5. The van der Waals surface area contributed by atoms with Gasteiger partial charge >= 0.3 is 0 Å². The van der Waals surface area contributed by atoms with Crippen LogP contribution in [0.25, 0.3) is 0 Å². The molecule has 0 fully saturated rings. The van der Waals surface area contributed by atoms with Crippen molar-refractivity contribution in [2.75, 3.05) is 18.0 Å². The number of methoxy groups -OCH3 is 1. The lowest BCUT2D eigenvalue weighted by Crippen LogP contribution is -2.52. The van der Waals surface area contributed by atoms with Crippen LogP contribution in [0.4, 0.5) is 5.69 Å². The van der Waals surface area contributed by atoms with E-state index in [2.05, 4.69) is 5.32 Å². The van der Waals surface area contributed by atoms with Gasteiger partial charge in [-0.15, -0.1) is 0 Å². The van der Waals surface area contributed by atoms with Crippen molar-refractivity contribution in [2.45, 2.75) is 50.7 Å². The Bertz CT molecular complexity index is 1440. The van der Waals surface area contributed by atoms with Crippen LogP contribution in [-0.2, 0) is 26.2 Å². The van der Waals surface area contributed by atoms with Gasteiger partial charge in [0.2, 0.25) is 11.8 Å². The first-order chi connectivity index (χ1) is 19.0. The molecule has 8 nitrogen and oxygen atoms in total. The second-order valence-electron chi connectivity index (χ2n) is 9.25. The van der Waals surface area contributed by atoms with Gasteiger partial charge in [0.15, 0.2) is 0 Å². The van der Waals surface area contributed by atoms with E-state index in [1.807, 2.05) is 13.8 Å². The molecule has 2 amide bonds. The third-order valence-corrected chi connectivity index (χ3v) is 8.86. The van der Waals surface area contributed by atoms with Gasteiger partial charge in [0.05, 0.1) is 17.7 Å². The van der Waals surface area contributed by atoms with Gasteiger partial charge in [-0.05, 0) is 62.2 Å². The zero-order valence-electron chi connectivity index (χ0n) is 22.8. The van der Waals surface area contributed by atoms with Gasteiger partial charge in [-0.25, -0.2) is 8.42 Å². The van der Waals surface area contributed by atoms with Crippen molar-refractivity contribution in [1.29, 1.82) is 0 Å². The summed E-state index contributed by atoms with van der Waals surface area (Å²) in [7, 11) is -2.87. The van der Waals surface area contributed by atoms with Crippen LogP contribution in [0.1, 0.15) is 32.8 Å². The van der Waals surface area contributed by atoms with Crippen LogP contribution in [0.2, 0.25) is 10.0 Å². The number of carbonyl (C=O) groups excluding carboxylic acids is 2. The molecule has 3 aromatic carbocycles. The summed E-state index contributed by atoms with van der Waals surface area (Å²) < 4.78 is 34.2. The molecule has 0 saturated heterocycles. The number of nitrogens with one attached hydrogen (secondary N) is 1. The lowest BCUT2D eigenvalue weighted by molar-refractivity contribution is -0.139. The number of ether oxygens (including phenoxy) is 1. The minimum atomic E-state index is -4.26. The molecule has 0 bridgehead atoms. The summed E-state index contributed by atoms with van der Waals surface area (Å²) in [4.78, 5) is 28.5. The maximum absolute atomic E-state index is 14.0. The van der Waals surface area contributed by atoms with E-state index in [0.717, 1.165) is 4.31 Å². The van der Waals surface area contributed by atoms with Gasteiger partial charge in [-0.3, -0.25) is 13.9 Å². The normalized spacial score (nSPS) is 12.8. The minimum absolute atomic E-state index is 0.0144. The van der Waals surface area contributed by atoms with Gasteiger partial charge in [-0.2, -0.15) is 0 Å². The molecule has 0 unspecified atom stereocenters. The molecule has 0 aromatic heterocycles. The van der Waals surface area contributed by atoms with Crippen molar-refractivity contribution in [3.8, 4) is 5.75 Å². The number of nitrogens with zero attached hydrogens (tertiary/aromatic N) is 2. The van der Waals surface area contributed by atoms with Crippen LogP contribution in [0.5, 0.6) is 5.75 Å². The molecule has 1 N–H and O–H groups in total. The second kappa shape index (κ2) is 13.9. The molecular weight excluding hydrogens is 573 g/mol. The van der Waals surface area contributed by atoms with E-state index in [0.29, 0.717) is 17.0 Å². The van der Waals surface area contributed by atoms with E-state index in [-0.39, 0.29) is 39.8 Å². The van der Waals surface area contributed by atoms with Crippen LogP contribution < -0.4 is 14.4 Å². The molecule has 2 atom stereocenters. The van der Waals surface area contributed by atoms with Gasteiger partial charge in [0, 0.05) is 22.6 Å². The summed E-state index contributed by atoms with van der Waals surface area (Å²) in [6.07, 6.45) is 0.703. The zero-order chi connectivity index (χ0) is 29.4. The van der Waals surface area contributed by atoms with Crippen LogP contribution in [-0.4, -0.2) is 50.9 Å². The van der Waals surface area contributed by atoms with E-state index in [1.54, 1.807) is 55.5 Å². The number of anilines is 1. The van der Waals surface area contributed by atoms with Gasteiger partial charge in [0.1, 0.15) is 18.3 Å². The Morgan fingerprint density at radius 3 is 2.25 bits per heavy atom. The Labute approximate surface area is 245 Å².